The van der Waals surface area contributed by atoms with E-state index in [1.165, 1.54) is 26.2 Å². The second-order valence-electron chi connectivity index (χ2n) is 24.1. The summed E-state index contributed by atoms with van der Waals surface area (Å²) in [7, 11) is 5.90. The van der Waals surface area contributed by atoms with Gasteiger partial charge in [0.1, 0.15) is 36.5 Å². The predicted octanol–water partition coefficient (Wildman–Crippen LogP) is 3.89. The SMILES string of the molecule is CC[C@H](C)[C@@H]([C@@H](CC(=O)N1CCC[C@H]1[C@H](OC)[C@@H](C)C(=O)N[C@@H](Cc1ccccc1)C(=O)O)OC)N(C)C(=O)[C@@H](NC(=O)C(=C(C)C)N(C)C(=O)OCc1ccc(NC(=O)C(CCCNC(N)=O)NC(=O)[C@@H](NC(=O)C(N)CCCCN)C(C)C)cc1)C(C)C. The summed E-state index contributed by atoms with van der Waals surface area (Å²) in [6.45, 7) is 16.6. The molecule has 2 unspecified atom stereocenters. The van der Waals surface area contributed by atoms with Crippen molar-refractivity contribution in [1.29, 1.82) is 0 Å². The average Bonchev–Trinajstić information content (AvgIpc) is 1.52. The molecule has 0 aliphatic carbocycles. The lowest BCUT2D eigenvalue weighted by Gasteiger charge is -2.41. The van der Waals surface area contributed by atoms with Gasteiger partial charge in [0.05, 0.1) is 42.7 Å². The van der Waals surface area contributed by atoms with Gasteiger partial charge in [-0.3, -0.25) is 38.5 Å². The number of ether oxygens (including phenoxy) is 3. The number of methoxy groups -OCH3 is 2. The van der Waals surface area contributed by atoms with Gasteiger partial charge in [0.25, 0.3) is 5.91 Å². The van der Waals surface area contributed by atoms with Gasteiger partial charge in [-0.15, -0.1) is 0 Å². The van der Waals surface area contributed by atoms with Gasteiger partial charge in [0, 0.05) is 53.5 Å². The molecule has 26 heteroatoms. The molecule has 1 aliphatic rings. The summed E-state index contributed by atoms with van der Waals surface area (Å²) in [6, 6.07) is 8.08. The number of aliphatic carboxylic acids is 1. The lowest BCUT2D eigenvalue weighted by molar-refractivity contribution is -0.148. The number of amides is 10. The van der Waals surface area contributed by atoms with Crippen LogP contribution in [-0.4, -0.2) is 182 Å². The van der Waals surface area contributed by atoms with E-state index in [1.807, 2.05) is 19.9 Å². The molecule has 26 nitrogen and oxygen atoms in total. The summed E-state index contributed by atoms with van der Waals surface area (Å²) in [5.74, 6) is -6.77. The molecule has 11 atom stereocenters. The number of hydrogen-bond acceptors (Lipinski definition) is 15. The van der Waals surface area contributed by atoms with Crippen LogP contribution < -0.4 is 49.1 Å². The Balaban J connectivity index is 1.72. The van der Waals surface area contributed by atoms with Crippen LogP contribution in [0.15, 0.2) is 65.9 Å². The number of unbranched alkanes of at least 4 members (excludes halogenated alkanes) is 1. The average molecular weight is 1260 g/mol. The predicted molar refractivity (Wildman–Crippen MR) is 340 cm³/mol. The third-order valence-electron chi connectivity index (χ3n) is 16.4. The van der Waals surface area contributed by atoms with Gasteiger partial charge in [-0.25, -0.2) is 14.4 Å². The minimum absolute atomic E-state index is 0.0655. The fourth-order valence-corrected chi connectivity index (χ4v) is 11.0. The highest BCUT2D eigenvalue weighted by Crippen LogP contribution is 2.30. The summed E-state index contributed by atoms with van der Waals surface area (Å²) < 4.78 is 17.6. The number of carbonyl (C=O) groups excluding carboxylic acids is 9. The third kappa shape index (κ3) is 23.3. The maximum Gasteiger partial charge on any atom is 0.414 e. The van der Waals surface area contributed by atoms with Gasteiger partial charge < -0.3 is 78.2 Å². The van der Waals surface area contributed by atoms with Crippen molar-refractivity contribution in [2.75, 3.05) is 53.3 Å². The van der Waals surface area contributed by atoms with Gasteiger partial charge in [-0.2, -0.15) is 0 Å². The first-order chi connectivity index (χ1) is 42.5. The van der Waals surface area contributed by atoms with Crippen LogP contribution in [0.1, 0.15) is 131 Å². The fraction of sp³-hybridized carbons (Fsp3) is 0.625. The Morgan fingerprint density at radius 3 is 1.93 bits per heavy atom. The van der Waals surface area contributed by atoms with Crippen molar-refractivity contribution in [3.8, 4) is 0 Å². The van der Waals surface area contributed by atoms with Crippen molar-refractivity contribution in [2.45, 2.75) is 188 Å². The number of nitrogens with two attached hydrogens (primary N) is 3. The first-order valence-corrected chi connectivity index (χ1v) is 31.1. The Morgan fingerprint density at radius 2 is 1.38 bits per heavy atom. The molecule has 10 amide bonds. The van der Waals surface area contributed by atoms with Gasteiger partial charge in [0.15, 0.2) is 0 Å². The van der Waals surface area contributed by atoms with E-state index in [0.717, 1.165) is 10.5 Å². The molecular weight excluding hydrogens is 1160 g/mol. The van der Waals surface area contributed by atoms with E-state index in [2.05, 4.69) is 31.9 Å². The molecule has 2 aromatic carbocycles. The quantitative estimate of drug-likeness (QED) is 0.0339. The van der Waals surface area contributed by atoms with Gasteiger partial charge >= 0.3 is 18.1 Å². The summed E-state index contributed by atoms with van der Waals surface area (Å²) in [5, 5.41) is 26.2. The van der Waals surface area contributed by atoms with Gasteiger partial charge in [-0.05, 0) is 106 Å². The first kappa shape index (κ1) is 76.6. The molecule has 0 spiro atoms. The van der Waals surface area contributed by atoms with Gasteiger partial charge in [0.2, 0.25) is 35.4 Å². The molecule has 1 fully saturated rings. The molecule has 0 bridgehead atoms. The zero-order valence-electron chi connectivity index (χ0n) is 54.9. The lowest BCUT2D eigenvalue weighted by Crippen LogP contribution is -2.58. The van der Waals surface area contributed by atoms with Crippen molar-refractivity contribution >= 4 is 65.1 Å². The smallest absolute Gasteiger partial charge is 0.414 e. The molecule has 1 saturated heterocycles. The van der Waals surface area contributed by atoms with Crippen LogP contribution in [0.4, 0.5) is 15.3 Å². The zero-order valence-corrected chi connectivity index (χ0v) is 54.9. The Morgan fingerprint density at radius 1 is 0.744 bits per heavy atom. The number of urea groups is 1. The highest BCUT2D eigenvalue weighted by Gasteiger charge is 2.44. The van der Waals surface area contributed by atoms with E-state index >= 15 is 0 Å². The van der Waals surface area contributed by atoms with E-state index in [1.54, 1.807) is 109 Å². The molecule has 0 saturated carbocycles. The number of benzene rings is 2. The molecule has 0 aromatic heterocycles. The maximum atomic E-state index is 14.8. The number of carboxylic acid groups (broad SMARTS) is 1. The summed E-state index contributed by atoms with van der Waals surface area (Å²) in [4.78, 5) is 139. The Kier molecular flexibility index (Phi) is 32.4. The molecule has 3 rings (SSSR count). The Labute approximate surface area is 530 Å². The summed E-state index contributed by atoms with van der Waals surface area (Å²) in [5.41, 5.74) is 18.8. The van der Waals surface area contributed by atoms with E-state index in [-0.39, 0.29) is 62.3 Å². The van der Waals surface area contributed by atoms with Gasteiger partial charge in [-0.1, -0.05) is 104 Å². The van der Waals surface area contributed by atoms with Crippen molar-refractivity contribution in [1.82, 2.24) is 41.3 Å². The molecule has 502 valence electrons. The molecule has 13 N–H and O–H groups in total. The lowest BCUT2D eigenvalue weighted by atomic mass is 9.89. The normalized spacial score (nSPS) is 16.3. The number of carbonyl (C=O) groups is 10. The number of nitrogens with zero attached hydrogens (tertiary/aromatic N) is 3. The molecule has 1 aliphatic heterocycles. The topological polar surface area (TPSA) is 379 Å². The van der Waals surface area contributed by atoms with Crippen LogP contribution in [0.5, 0.6) is 0 Å². The highest BCUT2D eigenvalue weighted by atomic mass is 16.6. The maximum absolute atomic E-state index is 14.8. The number of allylic oxidation sites excluding steroid dienone is 1. The monoisotopic (exact) mass is 1260 g/mol. The Hall–Kier alpha value is -7.68. The molecule has 2 aromatic rings. The zero-order chi connectivity index (χ0) is 67.5. The van der Waals surface area contributed by atoms with Crippen molar-refractivity contribution in [3.63, 3.8) is 0 Å². The molecular formula is C64H102N12O14. The van der Waals surface area contributed by atoms with Crippen molar-refractivity contribution in [3.05, 3.63) is 77.0 Å². The number of likely N-dealkylation sites (N-methyl/N-ethyl adjacent to an activating group) is 2. The van der Waals surface area contributed by atoms with Crippen LogP contribution in [0.3, 0.4) is 0 Å². The van der Waals surface area contributed by atoms with E-state index < -0.39 is 120 Å². The number of primary amides is 1. The van der Waals surface area contributed by atoms with Crippen LogP contribution in [0.2, 0.25) is 0 Å². The minimum atomic E-state index is -1.19. The number of carboxylic acids is 1. The van der Waals surface area contributed by atoms with Crippen LogP contribution in [0.25, 0.3) is 0 Å². The van der Waals surface area contributed by atoms with Crippen molar-refractivity contribution in [2.24, 2.45) is 40.9 Å². The number of likely N-dealkylation sites (tertiary alicyclic amines) is 1. The molecule has 90 heavy (non-hydrogen) atoms. The number of rotatable bonds is 37. The molecule has 1 heterocycles. The van der Waals surface area contributed by atoms with Crippen molar-refractivity contribution < 1.29 is 67.3 Å². The third-order valence-corrected chi connectivity index (χ3v) is 16.4. The minimum Gasteiger partial charge on any atom is -0.480 e. The number of anilines is 1. The van der Waals surface area contributed by atoms with Crippen LogP contribution >= 0.6 is 0 Å². The number of nitrogens with one attached hydrogen (secondary N) is 6. The fourth-order valence-electron chi connectivity index (χ4n) is 11.0. The largest absolute Gasteiger partial charge is 0.480 e. The second-order valence-corrected chi connectivity index (χ2v) is 24.1. The van der Waals surface area contributed by atoms with E-state index in [4.69, 9.17) is 31.4 Å². The highest BCUT2D eigenvalue weighted by molar-refractivity contribution is 6.00. The summed E-state index contributed by atoms with van der Waals surface area (Å²) >= 11 is 0. The summed E-state index contributed by atoms with van der Waals surface area (Å²) in [6.07, 6.45) is 1.26. The van der Waals surface area contributed by atoms with Crippen LogP contribution in [-0.2, 0) is 65.6 Å². The first-order valence-electron chi connectivity index (χ1n) is 31.1. The molecule has 0 radical (unpaired) electrons. The standard InChI is InChI=1S/C64H102N12O14/c1-14-40(8)54(49(88-12)35-50(77)76-33-21-26-48(76)55(89-13)41(9)56(78)71-47(62(84)85)34-42-22-16-15-17-23-42)74(10)61(83)52(38(4)5)73-60(82)53(39(6)7)75(11)64(87)90-36-43-27-29-44(30-28-43)69-58(80)46(25-20-32-68-63(67)86)70-59(81)51(37(2)3)72-57(79)45(66)24-18-19-31-65/h15-17,22-23,27-30,37-38,40-41,45-49,51-52,54-55H,14,18-21,24-26,31-36,65-66H2,1-13H3,(H,69,80)(H,70,81)(H,71,78)(H,72,79)(H,73,82)(H,84,85)(H3,67,68,86)/t40-,41+,45?,46?,47-,48-,49+,51-,52-,54-,55+/m0/s1. The van der Waals surface area contributed by atoms with E-state index in [0.29, 0.717) is 68.4 Å². The van der Waals surface area contributed by atoms with Crippen LogP contribution in [0, 0.1) is 23.7 Å². The number of hydrogen-bond donors (Lipinski definition) is 10. The second kappa shape index (κ2) is 38.1. The Bertz CT molecular complexity index is 2730. The van der Waals surface area contributed by atoms with E-state index in [9.17, 15) is 53.1 Å².